The highest BCUT2D eigenvalue weighted by atomic mass is 16.2. The van der Waals surface area contributed by atoms with Crippen LogP contribution in [0.1, 0.15) is 87.4 Å². The molecule has 1 atom stereocenters. The molecule has 38 heavy (non-hydrogen) atoms. The van der Waals surface area contributed by atoms with Crippen LogP contribution in [0.25, 0.3) is 11.6 Å². The molecule has 1 saturated heterocycles. The number of benzene rings is 2. The molecule has 2 aliphatic rings. The van der Waals surface area contributed by atoms with E-state index in [0.717, 1.165) is 61.3 Å². The summed E-state index contributed by atoms with van der Waals surface area (Å²) in [6.07, 6.45) is 5.77. The number of hydrogen-bond acceptors (Lipinski definition) is 3. The number of fused-ring (bicyclic) bond motifs is 1. The Morgan fingerprint density at radius 3 is 2.50 bits per heavy atom. The van der Waals surface area contributed by atoms with E-state index in [1.807, 2.05) is 56.0 Å². The van der Waals surface area contributed by atoms with Crippen molar-refractivity contribution in [1.29, 1.82) is 0 Å². The zero-order valence-corrected chi connectivity index (χ0v) is 22.2. The Morgan fingerprint density at radius 1 is 1.05 bits per heavy atom. The summed E-state index contributed by atoms with van der Waals surface area (Å²) in [7, 11) is 0. The third kappa shape index (κ3) is 4.88. The molecule has 2 aromatic carbocycles. The van der Waals surface area contributed by atoms with E-state index in [9.17, 15) is 14.4 Å². The first-order chi connectivity index (χ1) is 18.4. The SMILES string of the molecule is CC[C@@H](NC(=O)c1ccc2c(c1)C(=Cc1[nH]c(C)c(C(=O)N3CCCCC3)c1C)C(=O)N2)c1ccccc1. The topological polar surface area (TPSA) is 94.3 Å². The lowest BCUT2D eigenvalue weighted by Crippen LogP contribution is -2.36. The number of aromatic amines is 1. The first-order valence-electron chi connectivity index (χ1n) is 13.4. The molecule has 2 aliphatic heterocycles. The van der Waals surface area contributed by atoms with Gasteiger partial charge in [-0.25, -0.2) is 0 Å². The third-order valence-electron chi connectivity index (χ3n) is 7.60. The minimum absolute atomic E-state index is 0.0414. The highest BCUT2D eigenvalue weighted by Gasteiger charge is 2.28. The molecule has 196 valence electrons. The zero-order valence-electron chi connectivity index (χ0n) is 22.2. The van der Waals surface area contributed by atoms with Gasteiger partial charge in [-0.2, -0.15) is 0 Å². The summed E-state index contributed by atoms with van der Waals surface area (Å²) in [5.41, 5.74) is 6.37. The summed E-state index contributed by atoms with van der Waals surface area (Å²) in [6.45, 7) is 7.41. The Kier molecular flexibility index (Phi) is 7.18. The van der Waals surface area contributed by atoms with Crippen molar-refractivity contribution in [3.63, 3.8) is 0 Å². The van der Waals surface area contributed by atoms with Crippen LogP contribution in [0.15, 0.2) is 48.5 Å². The molecule has 3 aromatic rings. The van der Waals surface area contributed by atoms with Crippen molar-refractivity contribution in [3.05, 3.63) is 87.7 Å². The summed E-state index contributed by atoms with van der Waals surface area (Å²) >= 11 is 0. The molecular formula is C31H34N4O3. The van der Waals surface area contributed by atoms with E-state index < -0.39 is 0 Å². The molecule has 0 spiro atoms. The molecule has 3 amide bonds. The Morgan fingerprint density at radius 2 is 1.79 bits per heavy atom. The predicted octanol–water partition coefficient (Wildman–Crippen LogP) is 5.63. The zero-order chi connectivity index (χ0) is 26.8. The summed E-state index contributed by atoms with van der Waals surface area (Å²) in [6, 6.07) is 15.0. The van der Waals surface area contributed by atoms with E-state index >= 15 is 0 Å². The second-order valence-corrected chi connectivity index (χ2v) is 10.1. The molecule has 3 heterocycles. The van der Waals surface area contributed by atoms with Gasteiger partial charge in [-0.3, -0.25) is 14.4 Å². The molecule has 5 rings (SSSR count). The first-order valence-corrected chi connectivity index (χ1v) is 13.4. The number of carbonyl (C=O) groups is 3. The quantitative estimate of drug-likeness (QED) is 0.375. The number of hydrogen-bond donors (Lipinski definition) is 3. The van der Waals surface area contributed by atoms with Gasteiger partial charge in [-0.15, -0.1) is 0 Å². The van der Waals surface area contributed by atoms with Crippen molar-refractivity contribution < 1.29 is 14.4 Å². The molecule has 3 N–H and O–H groups in total. The first kappa shape index (κ1) is 25.5. The van der Waals surface area contributed by atoms with Crippen LogP contribution in [0.5, 0.6) is 0 Å². The second-order valence-electron chi connectivity index (χ2n) is 10.1. The lowest BCUT2D eigenvalue weighted by Gasteiger charge is -2.27. The van der Waals surface area contributed by atoms with E-state index in [2.05, 4.69) is 15.6 Å². The van der Waals surface area contributed by atoms with Gasteiger partial charge in [0.05, 0.1) is 17.2 Å². The molecule has 0 bridgehead atoms. The van der Waals surface area contributed by atoms with Gasteiger partial charge in [0.2, 0.25) is 0 Å². The predicted molar refractivity (Wildman–Crippen MR) is 150 cm³/mol. The van der Waals surface area contributed by atoms with Gasteiger partial charge in [0.15, 0.2) is 0 Å². The van der Waals surface area contributed by atoms with Crippen LogP contribution in [0.2, 0.25) is 0 Å². The standard InChI is InChI=1S/C31H34N4O3/c1-4-25(21-11-7-5-8-12-21)33-29(36)22-13-14-26-23(17-22)24(30(37)34-26)18-27-19(2)28(20(3)32-27)31(38)35-15-9-6-10-16-35/h5,7-8,11-14,17-18,25,32H,4,6,9-10,15-16H2,1-3H3,(H,33,36)(H,34,37)/t25-/m1/s1. The maximum absolute atomic E-state index is 13.3. The minimum Gasteiger partial charge on any atom is -0.358 e. The van der Waals surface area contributed by atoms with Crippen LogP contribution in [-0.4, -0.2) is 40.7 Å². The van der Waals surface area contributed by atoms with Crippen LogP contribution in [0, 0.1) is 13.8 Å². The molecule has 0 radical (unpaired) electrons. The smallest absolute Gasteiger partial charge is 0.256 e. The van der Waals surface area contributed by atoms with Crippen molar-refractivity contribution in [1.82, 2.24) is 15.2 Å². The Bertz CT molecular complexity index is 1410. The normalized spacial score (nSPS) is 16.8. The van der Waals surface area contributed by atoms with Crippen LogP contribution in [0.4, 0.5) is 5.69 Å². The lowest BCUT2D eigenvalue weighted by atomic mass is 10.00. The fourth-order valence-electron chi connectivity index (χ4n) is 5.46. The number of carbonyl (C=O) groups excluding carboxylic acids is 3. The number of rotatable bonds is 6. The number of anilines is 1. The van der Waals surface area contributed by atoms with Crippen LogP contribution in [-0.2, 0) is 4.79 Å². The highest BCUT2D eigenvalue weighted by molar-refractivity contribution is 6.35. The number of amides is 3. The van der Waals surface area contributed by atoms with Gasteiger partial charge in [-0.1, -0.05) is 37.3 Å². The average Bonchev–Trinajstić information content (AvgIpc) is 3.41. The van der Waals surface area contributed by atoms with E-state index in [-0.39, 0.29) is 23.8 Å². The van der Waals surface area contributed by atoms with Gasteiger partial charge in [-0.05, 0) is 74.9 Å². The van der Waals surface area contributed by atoms with Crippen molar-refractivity contribution in [2.45, 2.75) is 52.5 Å². The second kappa shape index (κ2) is 10.7. The van der Waals surface area contributed by atoms with Crippen LogP contribution < -0.4 is 10.6 Å². The number of piperidine rings is 1. The Hall–Kier alpha value is -4.13. The van der Waals surface area contributed by atoms with Crippen molar-refractivity contribution in [3.8, 4) is 0 Å². The summed E-state index contributed by atoms with van der Waals surface area (Å²) < 4.78 is 0. The molecule has 0 aliphatic carbocycles. The van der Waals surface area contributed by atoms with Gasteiger partial charge in [0, 0.05) is 41.3 Å². The van der Waals surface area contributed by atoms with Crippen molar-refractivity contribution in [2.75, 3.05) is 18.4 Å². The summed E-state index contributed by atoms with van der Waals surface area (Å²) in [5, 5.41) is 6.02. The maximum Gasteiger partial charge on any atom is 0.256 e. The van der Waals surface area contributed by atoms with E-state index in [4.69, 9.17) is 0 Å². The third-order valence-corrected chi connectivity index (χ3v) is 7.60. The number of likely N-dealkylation sites (tertiary alicyclic amines) is 1. The van der Waals surface area contributed by atoms with Crippen molar-refractivity contribution >= 4 is 35.1 Å². The number of H-pyrrole nitrogens is 1. The van der Waals surface area contributed by atoms with E-state index in [1.165, 1.54) is 0 Å². The maximum atomic E-state index is 13.3. The van der Waals surface area contributed by atoms with Crippen molar-refractivity contribution in [2.24, 2.45) is 0 Å². The Labute approximate surface area is 223 Å². The Balaban J connectivity index is 1.43. The van der Waals surface area contributed by atoms with Gasteiger partial charge in [0.25, 0.3) is 17.7 Å². The van der Waals surface area contributed by atoms with Crippen LogP contribution in [0.3, 0.4) is 0 Å². The fraction of sp³-hybridized carbons (Fsp3) is 0.323. The molecule has 7 heteroatoms. The molecule has 0 unspecified atom stereocenters. The average molecular weight is 511 g/mol. The number of aryl methyl sites for hydroxylation is 1. The van der Waals surface area contributed by atoms with E-state index in [1.54, 1.807) is 24.3 Å². The number of nitrogens with one attached hydrogen (secondary N) is 3. The fourth-order valence-corrected chi connectivity index (χ4v) is 5.46. The van der Waals surface area contributed by atoms with E-state index in [0.29, 0.717) is 28.0 Å². The largest absolute Gasteiger partial charge is 0.358 e. The molecule has 0 saturated carbocycles. The monoisotopic (exact) mass is 510 g/mol. The summed E-state index contributed by atoms with van der Waals surface area (Å²) in [5.74, 6) is -0.382. The minimum atomic E-state index is -0.233. The molecular weight excluding hydrogens is 476 g/mol. The molecule has 1 aromatic heterocycles. The van der Waals surface area contributed by atoms with Crippen LogP contribution >= 0.6 is 0 Å². The van der Waals surface area contributed by atoms with Gasteiger partial charge >= 0.3 is 0 Å². The molecule has 1 fully saturated rings. The highest BCUT2D eigenvalue weighted by Crippen LogP contribution is 2.35. The van der Waals surface area contributed by atoms with Gasteiger partial charge in [0.1, 0.15) is 0 Å². The molecule has 7 nitrogen and oxygen atoms in total. The number of aromatic nitrogens is 1. The van der Waals surface area contributed by atoms with Gasteiger partial charge < -0.3 is 20.5 Å². The number of nitrogens with zero attached hydrogens (tertiary/aromatic N) is 1. The lowest BCUT2D eigenvalue weighted by molar-refractivity contribution is -0.110. The summed E-state index contributed by atoms with van der Waals surface area (Å²) in [4.78, 5) is 44.6.